The summed E-state index contributed by atoms with van der Waals surface area (Å²) in [6.07, 6.45) is 1.05. The summed E-state index contributed by atoms with van der Waals surface area (Å²) in [5.74, 6) is 0.420. The Balaban J connectivity index is 1.78. The van der Waals surface area contributed by atoms with Gasteiger partial charge in [-0.25, -0.2) is 4.98 Å². The van der Waals surface area contributed by atoms with Crippen LogP contribution in [0.15, 0.2) is 22.3 Å². The number of hydrogen-bond acceptors (Lipinski definition) is 5. The zero-order valence-electron chi connectivity index (χ0n) is 17.1. The monoisotopic (exact) mass is 417 g/mol. The van der Waals surface area contributed by atoms with Gasteiger partial charge >= 0.3 is 4.87 Å². The van der Waals surface area contributed by atoms with Gasteiger partial charge in [0.25, 0.3) is 0 Å². The molecule has 28 heavy (non-hydrogen) atoms. The molecule has 3 rings (SSSR count). The first kappa shape index (κ1) is 20.7. The highest BCUT2D eigenvalue weighted by Crippen LogP contribution is 2.32. The Morgan fingerprint density at radius 3 is 2.64 bits per heavy atom. The summed E-state index contributed by atoms with van der Waals surface area (Å²) in [5.41, 5.74) is 4.29. The standard InChI is InChI=1S/C21H27N3O2S2/c1-13(2)11-24(18(25)7-6-8-23-16(5)12-27-21(23)26)20-22-17-10-14(3)9-15(4)19(17)28-20/h9-10,12-13H,6-8,11H2,1-5H3. The second-order valence-electron chi connectivity index (χ2n) is 7.72. The molecule has 0 spiro atoms. The number of benzene rings is 1. The Hall–Kier alpha value is -1.99. The fourth-order valence-electron chi connectivity index (χ4n) is 3.33. The second-order valence-corrected chi connectivity index (χ2v) is 9.52. The van der Waals surface area contributed by atoms with Crippen LogP contribution in [0.2, 0.25) is 0 Å². The fourth-order valence-corrected chi connectivity index (χ4v) is 5.13. The third kappa shape index (κ3) is 4.52. The van der Waals surface area contributed by atoms with Crippen molar-refractivity contribution in [3.8, 4) is 0 Å². The Kier molecular flexibility index (Phi) is 6.35. The molecule has 0 aliphatic heterocycles. The van der Waals surface area contributed by atoms with Crippen LogP contribution in [0.25, 0.3) is 10.2 Å². The average Bonchev–Trinajstić information content (AvgIpc) is 3.17. The highest BCUT2D eigenvalue weighted by Gasteiger charge is 2.21. The van der Waals surface area contributed by atoms with Crippen LogP contribution >= 0.6 is 22.7 Å². The van der Waals surface area contributed by atoms with E-state index >= 15 is 0 Å². The van der Waals surface area contributed by atoms with E-state index in [4.69, 9.17) is 4.98 Å². The normalized spacial score (nSPS) is 11.5. The maximum absolute atomic E-state index is 13.0. The molecular formula is C21H27N3O2S2. The zero-order chi connectivity index (χ0) is 20.4. The summed E-state index contributed by atoms with van der Waals surface area (Å²) in [4.78, 5) is 31.5. The molecule has 0 fully saturated rings. The molecule has 0 aliphatic carbocycles. The topological polar surface area (TPSA) is 55.2 Å². The van der Waals surface area contributed by atoms with Crippen LogP contribution in [0.5, 0.6) is 0 Å². The van der Waals surface area contributed by atoms with E-state index < -0.39 is 0 Å². The number of nitrogens with zero attached hydrogens (tertiary/aromatic N) is 3. The van der Waals surface area contributed by atoms with Gasteiger partial charge in [0.05, 0.1) is 10.2 Å². The quantitative estimate of drug-likeness (QED) is 0.549. The number of fused-ring (bicyclic) bond motifs is 1. The van der Waals surface area contributed by atoms with Crippen molar-refractivity contribution < 1.29 is 4.79 Å². The van der Waals surface area contributed by atoms with Crippen molar-refractivity contribution in [1.82, 2.24) is 9.55 Å². The molecule has 0 atom stereocenters. The summed E-state index contributed by atoms with van der Waals surface area (Å²) < 4.78 is 2.89. The first-order valence-electron chi connectivity index (χ1n) is 9.59. The lowest BCUT2D eigenvalue weighted by Crippen LogP contribution is -2.34. The molecule has 1 aromatic carbocycles. The Labute approximate surface area is 173 Å². The van der Waals surface area contributed by atoms with E-state index in [1.165, 1.54) is 22.5 Å². The van der Waals surface area contributed by atoms with Gasteiger partial charge in [0.1, 0.15) is 0 Å². The van der Waals surface area contributed by atoms with Gasteiger partial charge in [0.15, 0.2) is 5.13 Å². The van der Waals surface area contributed by atoms with E-state index in [0.717, 1.165) is 21.0 Å². The number of aryl methyl sites for hydroxylation is 3. The van der Waals surface area contributed by atoms with Crippen LogP contribution in [0.4, 0.5) is 5.13 Å². The molecule has 0 aliphatic rings. The van der Waals surface area contributed by atoms with Crippen molar-refractivity contribution in [3.05, 3.63) is 44.0 Å². The third-order valence-electron chi connectivity index (χ3n) is 4.64. The van der Waals surface area contributed by atoms with Gasteiger partial charge in [0.2, 0.25) is 5.91 Å². The molecule has 7 heteroatoms. The molecule has 0 unspecified atom stereocenters. The van der Waals surface area contributed by atoms with Crippen molar-refractivity contribution >= 4 is 43.9 Å². The molecule has 0 saturated heterocycles. The highest BCUT2D eigenvalue weighted by atomic mass is 32.1. The molecule has 0 radical (unpaired) electrons. The van der Waals surface area contributed by atoms with Crippen molar-refractivity contribution in [2.45, 2.75) is 54.0 Å². The number of thiazole rings is 2. The van der Waals surface area contributed by atoms with E-state index in [9.17, 15) is 9.59 Å². The molecule has 0 bridgehead atoms. The SMILES string of the molecule is Cc1cc(C)c2sc(N(CC(C)C)C(=O)CCCn3c(C)csc3=O)nc2c1. The lowest BCUT2D eigenvalue weighted by atomic mass is 10.1. The first-order valence-corrected chi connectivity index (χ1v) is 11.3. The smallest absolute Gasteiger partial charge is 0.303 e. The van der Waals surface area contributed by atoms with Gasteiger partial charge in [-0.3, -0.25) is 14.5 Å². The van der Waals surface area contributed by atoms with Crippen molar-refractivity contribution in [2.24, 2.45) is 5.92 Å². The summed E-state index contributed by atoms with van der Waals surface area (Å²) in [6, 6.07) is 4.23. The van der Waals surface area contributed by atoms with E-state index in [2.05, 4.69) is 39.8 Å². The number of anilines is 1. The van der Waals surface area contributed by atoms with E-state index in [1.807, 2.05) is 17.2 Å². The van der Waals surface area contributed by atoms with Gasteiger partial charge in [-0.05, 0) is 50.3 Å². The lowest BCUT2D eigenvalue weighted by Gasteiger charge is -2.22. The number of carbonyl (C=O) groups excluding carboxylic acids is 1. The largest absolute Gasteiger partial charge is 0.307 e. The van der Waals surface area contributed by atoms with Gasteiger partial charge < -0.3 is 4.57 Å². The summed E-state index contributed by atoms with van der Waals surface area (Å²) in [7, 11) is 0. The van der Waals surface area contributed by atoms with Crippen molar-refractivity contribution in [3.63, 3.8) is 0 Å². The maximum Gasteiger partial charge on any atom is 0.307 e. The number of carbonyl (C=O) groups is 1. The number of rotatable bonds is 7. The van der Waals surface area contributed by atoms with Crippen LogP contribution in [0.3, 0.4) is 0 Å². The van der Waals surface area contributed by atoms with Crippen molar-refractivity contribution in [2.75, 3.05) is 11.4 Å². The predicted octanol–water partition coefficient (Wildman–Crippen LogP) is 4.91. The second kappa shape index (κ2) is 8.57. The van der Waals surface area contributed by atoms with Gasteiger partial charge in [0, 0.05) is 30.6 Å². The molecule has 0 N–H and O–H groups in total. The Morgan fingerprint density at radius 2 is 2.00 bits per heavy atom. The van der Waals surface area contributed by atoms with Crippen LogP contribution in [-0.4, -0.2) is 22.0 Å². The summed E-state index contributed by atoms with van der Waals surface area (Å²) >= 11 is 2.80. The van der Waals surface area contributed by atoms with Crippen LogP contribution in [0, 0.1) is 26.7 Å². The first-order chi connectivity index (χ1) is 13.3. The molecule has 2 aromatic heterocycles. The summed E-state index contributed by atoms with van der Waals surface area (Å²) in [5, 5.41) is 2.63. The minimum atomic E-state index is 0.0426. The maximum atomic E-state index is 13.0. The summed E-state index contributed by atoms with van der Waals surface area (Å²) in [6.45, 7) is 11.5. The average molecular weight is 418 g/mol. The Morgan fingerprint density at radius 1 is 1.25 bits per heavy atom. The molecule has 3 aromatic rings. The number of amides is 1. The predicted molar refractivity (Wildman–Crippen MR) is 119 cm³/mol. The van der Waals surface area contributed by atoms with Crippen LogP contribution < -0.4 is 9.77 Å². The zero-order valence-corrected chi connectivity index (χ0v) is 18.7. The minimum Gasteiger partial charge on any atom is -0.303 e. The van der Waals surface area contributed by atoms with Gasteiger partial charge in [-0.1, -0.05) is 42.6 Å². The number of hydrogen-bond donors (Lipinski definition) is 0. The lowest BCUT2D eigenvalue weighted by molar-refractivity contribution is -0.118. The highest BCUT2D eigenvalue weighted by molar-refractivity contribution is 7.22. The third-order valence-corrected chi connectivity index (χ3v) is 6.75. The van der Waals surface area contributed by atoms with E-state index in [-0.39, 0.29) is 10.8 Å². The number of aromatic nitrogens is 2. The van der Waals surface area contributed by atoms with Crippen LogP contribution in [0.1, 0.15) is 43.5 Å². The molecule has 1 amide bonds. The fraction of sp³-hybridized carbons (Fsp3) is 0.476. The molecule has 0 saturated carbocycles. The molecule has 5 nitrogen and oxygen atoms in total. The van der Waals surface area contributed by atoms with Crippen molar-refractivity contribution in [1.29, 1.82) is 0 Å². The molecular weight excluding hydrogens is 390 g/mol. The van der Waals surface area contributed by atoms with Gasteiger partial charge in [-0.15, -0.1) is 0 Å². The van der Waals surface area contributed by atoms with Crippen LogP contribution in [-0.2, 0) is 11.3 Å². The van der Waals surface area contributed by atoms with E-state index in [1.54, 1.807) is 15.9 Å². The van der Waals surface area contributed by atoms with E-state index in [0.29, 0.717) is 31.8 Å². The molecule has 150 valence electrons. The minimum absolute atomic E-state index is 0.0426. The molecule has 2 heterocycles. The Bertz CT molecular complexity index is 1050. The van der Waals surface area contributed by atoms with Gasteiger partial charge in [-0.2, -0.15) is 0 Å².